The number of para-hydroxylation sites is 1. The van der Waals surface area contributed by atoms with Gasteiger partial charge in [-0.05, 0) is 26.0 Å². The van der Waals surface area contributed by atoms with Gasteiger partial charge >= 0.3 is 17.9 Å². The van der Waals surface area contributed by atoms with Crippen LogP contribution in [0, 0.1) is 6.92 Å². The molecule has 0 saturated carbocycles. The van der Waals surface area contributed by atoms with E-state index >= 15 is 0 Å². The summed E-state index contributed by atoms with van der Waals surface area (Å²) in [5, 5.41) is 4.41. The van der Waals surface area contributed by atoms with Crippen molar-refractivity contribution in [3.05, 3.63) is 53.0 Å². The number of hydrogen-bond donors (Lipinski definition) is 1. The third-order valence-corrected chi connectivity index (χ3v) is 4.68. The summed E-state index contributed by atoms with van der Waals surface area (Å²) in [5.74, 6) is -3.68. The zero-order valence-electron chi connectivity index (χ0n) is 16.9. The molecule has 0 unspecified atom stereocenters. The normalized spacial score (nSPS) is 14.4. The highest BCUT2D eigenvalue weighted by Crippen LogP contribution is 2.47. The van der Waals surface area contributed by atoms with Crippen molar-refractivity contribution in [1.82, 2.24) is 9.78 Å². The van der Waals surface area contributed by atoms with E-state index in [4.69, 9.17) is 24.7 Å². The predicted octanol–water partition coefficient (Wildman–Crippen LogP) is 0.890. The molecule has 10 heteroatoms. The maximum atomic E-state index is 13.1. The standard InChI is InChI=1S/C20H21N3O7/c1-5-29-17(24)14-15(21)30-16-13(20(14,18(25)27-3)19(26)28-4)11(2)22-23(16)12-9-7-6-8-10-12/h6-10H,5,21H2,1-4H3. The molecule has 0 radical (unpaired) electrons. The summed E-state index contributed by atoms with van der Waals surface area (Å²) in [4.78, 5) is 39.0. The van der Waals surface area contributed by atoms with Crippen LogP contribution in [0.1, 0.15) is 18.2 Å². The van der Waals surface area contributed by atoms with Crippen LogP contribution in [0.25, 0.3) is 5.69 Å². The van der Waals surface area contributed by atoms with Crippen LogP contribution in [0.5, 0.6) is 5.88 Å². The molecule has 0 spiro atoms. The van der Waals surface area contributed by atoms with Crippen molar-refractivity contribution in [2.45, 2.75) is 19.3 Å². The van der Waals surface area contributed by atoms with E-state index in [1.807, 2.05) is 6.07 Å². The number of nitrogens with zero attached hydrogens (tertiary/aromatic N) is 2. The van der Waals surface area contributed by atoms with Crippen LogP contribution in [0.15, 0.2) is 41.8 Å². The lowest BCUT2D eigenvalue weighted by atomic mass is 9.72. The van der Waals surface area contributed by atoms with Crippen molar-refractivity contribution < 1.29 is 33.3 Å². The SMILES string of the molecule is CCOC(=O)C1=C(N)Oc2c(c(C)nn2-c2ccccc2)C1(C(=O)OC)C(=O)OC. The molecule has 0 atom stereocenters. The summed E-state index contributed by atoms with van der Waals surface area (Å²) >= 11 is 0. The maximum absolute atomic E-state index is 13.1. The number of esters is 3. The second-order valence-electron chi connectivity index (χ2n) is 6.31. The zero-order valence-corrected chi connectivity index (χ0v) is 16.9. The van der Waals surface area contributed by atoms with Gasteiger partial charge in [0.15, 0.2) is 0 Å². The Hall–Kier alpha value is -3.82. The topological polar surface area (TPSA) is 132 Å². The average molecular weight is 415 g/mol. The zero-order chi connectivity index (χ0) is 22.1. The summed E-state index contributed by atoms with van der Waals surface area (Å²) in [6, 6.07) is 8.86. The van der Waals surface area contributed by atoms with Gasteiger partial charge in [-0.15, -0.1) is 0 Å². The molecule has 0 saturated heterocycles. The molecule has 3 rings (SSSR count). The summed E-state index contributed by atoms with van der Waals surface area (Å²) in [6.07, 6.45) is 0. The average Bonchev–Trinajstić information content (AvgIpc) is 3.08. The first-order valence-electron chi connectivity index (χ1n) is 9.02. The Morgan fingerprint density at radius 1 is 1.13 bits per heavy atom. The summed E-state index contributed by atoms with van der Waals surface area (Å²) < 4.78 is 22.0. The molecule has 1 aromatic carbocycles. The molecule has 158 valence electrons. The largest absolute Gasteiger partial charge is 0.468 e. The Labute approximate surface area is 172 Å². The highest BCUT2D eigenvalue weighted by molar-refractivity contribution is 6.18. The summed E-state index contributed by atoms with van der Waals surface area (Å²) in [5.41, 5.74) is 3.95. The Morgan fingerprint density at radius 3 is 2.27 bits per heavy atom. The Balaban J connectivity index is 2.42. The van der Waals surface area contributed by atoms with E-state index in [2.05, 4.69) is 5.10 Å². The number of benzene rings is 1. The van der Waals surface area contributed by atoms with E-state index in [1.165, 1.54) is 4.68 Å². The fourth-order valence-electron chi connectivity index (χ4n) is 3.50. The number of carbonyl (C=O) groups is 3. The predicted molar refractivity (Wildman–Crippen MR) is 102 cm³/mol. The number of fused-ring (bicyclic) bond motifs is 1. The number of rotatable bonds is 5. The van der Waals surface area contributed by atoms with Gasteiger partial charge in [0.05, 0.1) is 37.8 Å². The van der Waals surface area contributed by atoms with Crippen LogP contribution < -0.4 is 10.5 Å². The fourth-order valence-corrected chi connectivity index (χ4v) is 3.50. The van der Waals surface area contributed by atoms with Crippen LogP contribution in [0.3, 0.4) is 0 Å². The van der Waals surface area contributed by atoms with Crippen molar-refractivity contribution in [3.8, 4) is 11.6 Å². The molecular formula is C20H21N3O7. The number of nitrogens with two attached hydrogens (primary N) is 1. The number of aromatic nitrogens is 2. The van der Waals surface area contributed by atoms with E-state index in [0.717, 1.165) is 14.2 Å². The monoisotopic (exact) mass is 415 g/mol. The molecule has 10 nitrogen and oxygen atoms in total. The van der Waals surface area contributed by atoms with Gasteiger partial charge in [-0.1, -0.05) is 18.2 Å². The van der Waals surface area contributed by atoms with E-state index in [1.54, 1.807) is 38.1 Å². The van der Waals surface area contributed by atoms with Crippen molar-refractivity contribution in [2.75, 3.05) is 20.8 Å². The van der Waals surface area contributed by atoms with Gasteiger partial charge in [0.1, 0.15) is 5.57 Å². The van der Waals surface area contributed by atoms with Crippen molar-refractivity contribution in [2.24, 2.45) is 5.73 Å². The minimum atomic E-state index is -2.37. The van der Waals surface area contributed by atoms with Gasteiger partial charge in [0.2, 0.25) is 17.2 Å². The van der Waals surface area contributed by atoms with Crippen molar-refractivity contribution in [1.29, 1.82) is 0 Å². The van der Waals surface area contributed by atoms with Crippen LogP contribution in [-0.2, 0) is 34.0 Å². The van der Waals surface area contributed by atoms with Crippen LogP contribution in [0.4, 0.5) is 0 Å². The summed E-state index contributed by atoms with van der Waals surface area (Å²) in [6.45, 7) is 3.11. The minimum Gasteiger partial charge on any atom is -0.468 e. The second-order valence-corrected chi connectivity index (χ2v) is 6.31. The van der Waals surface area contributed by atoms with E-state index in [-0.39, 0.29) is 23.7 Å². The highest BCUT2D eigenvalue weighted by Gasteiger charge is 2.63. The third-order valence-electron chi connectivity index (χ3n) is 4.68. The minimum absolute atomic E-state index is 0.0118. The molecule has 2 N–H and O–H groups in total. The van der Waals surface area contributed by atoms with Gasteiger partial charge < -0.3 is 24.7 Å². The quantitative estimate of drug-likeness (QED) is 0.429. The lowest BCUT2D eigenvalue weighted by molar-refractivity contribution is -0.163. The molecule has 2 heterocycles. The van der Waals surface area contributed by atoms with Gasteiger partial charge in [0.25, 0.3) is 0 Å². The molecular weight excluding hydrogens is 394 g/mol. The Kier molecular flexibility index (Phi) is 5.50. The van der Waals surface area contributed by atoms with Crippen LogP contribution in [-0.4, -0.2) is 48.5 Å². The summed E-state index contributed by atoms with van der Waals surface area (Å²) in [7, 11) is 2.16. The van der Waals surface area contributed by atoms with E-state index < -0.39 is 34.8 Å². The lowest BCUT2D eigenvalue weighted by Gasteiger charge is -2.33. The Bertz CT molecular complexity index is 1020. The first kappa shape index (κ1) is 20.9. The number of ether oxygens (including phenoxy) is 4. The molecule has 0 aliphatic carbocycles. The van der Waals surface area contributed by atoms with Gasteiger partial charge in [0, 0.05) is 0 Å². The molecule has 0 bridgehead atoms. The maximum Gasteiger partial charge on any atom is 0.341 e. The number of methoxy groups -OCH3 is 2. The lowest BCUT2D eigenvalue weighted by Crippen LogP contribution is -2.53. The van der Waals surface area contributed by atoms with Gasteiger partial charge in [-0.3, -0.25) is 9.59 Å². The molecule has 0 fully saturated rings. The molecule has 30 heavy (non-hydrogen) atoms. The number of aryl methyl sites for hydroxylation is 1. The second kappa shape index (κ2) is 7.90. The molecule has 1 aromatic heterocycles. The van der Waals surface area contributed by atoms with Gasteiger partial charge in [-0.25, -0.2) is 9.48 Å². The van der Waals surface area contributed by atoms with Crippen molar-refractivity contribution >= 4 is 17.9 Å². The first-order chi connectivity index (χ1) is 14.3. The van der Waals surface area contributed by atoms with Crippen LogP contribution in [0.2, 0.25) is 0 Å². The third kappa shape index (κ3) is 2.88. The molecule has 2 aromatic rings. The van der Waals surface area contributed by atoms with Crippen LogP contribution >= 0.6 is 0 Å². The molecule has 1 aliphatic heterocycles. The van der Waals surface area contributed by atoms with Gasteiger partial charge in [-0.2, -0.15) is 5.10 Å². The molecule has 0 amide bonds. The van der Waals surface area contributed by atoms with Crippen molar-refractivity contribution in [3.63, 3.8) is 0 Å². The highest BCUT2D eigenvalue weighted by atomic mass is 16.6. The Morgan fingerprint density at radius 2 is 1.73 bits per heavy atom. The first-order valence-corrected chi connectivity index (χ1v) is 9.02. The smallest absolute Gasteiger partial charge is 0.341 e. The number of hydrogen-bond acceptors (Lipinski definition) is 9. The fraction of sp³-hybridized carbons (Fsp3) is 0.300. The number of carbonyl (C=O) groups excluding carboxylic acids is 3. The van der Waals surface area contributed by atoms with E-state index in [9.17, 15) is 14.4 Å². The van der Waals surface area contributed by atoms with E-state index in [0.29, 0.717) is 5.69 Å². The molecule has 1 aliphatic rings.